The van der Waals surface area contributed by atoms with Crippen LogP contribution >= 0.6 is 11.3 Å². The summed E-state index contributed by atoms with van der Waals surface area (Å²) in [6.45, 7) is 9.95. The summed E-state index contributed by atoms with van der Waals surface area (Å²) in [5.74, 6) is 0. The third kappa shape index (κ3) is 3.71. The van der Waals surface area contributed by atoms with E-state index in [4.69, 9.17) is 0 Å². The molecule has 0 amide bonds. The summed E-state index contributed by atoms with van der Waals surface area (Å²) >= 11 is 1.78. The Kier molecular flexibility index (Phi) is 5.38. The lowest BCUT2D eigenvalue weighted by Crippen LogP contribution is -2.25. The van der Waals surface area contributed by atoms with E-state index in [-0.39, 0.29) is 0 Å². The average Bonchev–Trinajstić information content (AvgIpc) is 2.87. The molecule has 0 radical (unpaired) electrons. The van der Waals surface area contributed by atoms with E-state index in [0.29, 0.717) is 6.04 Å². The van der Waals surface area contributed by atoms with Crippen LogP contribution in [0.1, 0.15) is 47.2 Å². The maximum Gasteiger partial charge on any atom is 0.0366 e. The largest absolute Gasteiger partial charge is 0.310 e. The molecule has 0 aliphatic heterocycles. The highest BCUT2D eigenvalue weighted by Crippen LogP contribution is 2.27. The lowest BCUT2D eigenvalue weighted by atomic mass is 9.91. The van der Waals surface area contributed by atoms with Crippen LogP contribution in [0.2, 0.25) is 0 Å². The molecule has 1 nitrogen and oxygen atoms in total. The van der Waals surface area contributed by atoms with Crippen LogP contribution in [0.4, 0.5) is 0 Å². The minimum Gasteiger partial charge on any atom is -0.310 e. The fourth-order valence-electron chi connectivity index (χ4n) is 2.98. The molecule has 2 rings (SSSR count). The van der Waals surface area contributed by atoms with Gasteiger partial charge in [0.2, 0.25) is 0 Å². The van der Waals surface area contributed by atoms with Crippen molar-refractivity contribution in [3.63, 3.8) is 0 Å². The van der Waals surface area contributed by atoms with E-state index < -0.39 is 0 Å². The monoisotopic (exact) mass is 287 g/mol. The van der Waals surface area contributed by atoms with Crippen LogP contribution in [0.5, 0.6) is 0 Å². The van der Waals surface area contributed by atoms with Crippen molar-refractivity contribution in [2.45, 2.75) is 46.6 Å². The molecule has 0 aliphatic rings. The molecule has 1 N–H and O–H groups in total. The zero-order valence-electron chi connectivity index (χ0n) is 13.0. The quantitative estimate of drug-likeness (QED) is 0.792. The maximum atomic E-state index is 3.73. The van der Waals surface area contributed by atoms with Crippen molar-refractivity contribution in [1.82, 2.24) is 5.32 Å². The van der Waals surface area contributed by atoms with Crippen molar-refractivity contribution >= 4 is 11.3 Å². The molecule has 1 atom stereocenters. The summed E-state index contributed by atoms with van der Waals surface area (Å²) < 4.78 is 0. The van der Waals surface area contributed by atoms with Gasteiger partial charge in [-0.2, -0.15) is 11.3 Å². The standard InChI is InChI=1S/C18H25NS/c1-5-7-19-17(11-16-6-8-20-12-16)18-14(3)9-13(2)10-15(18)4/h6,8-10,12,17,19H,5,7,11H2,1-4H3. The maximum absolute atomic E-state index is 3.73. The molecule has 20 heavy (non-hydrogen) atoms. The van der Waals surface area contributed by atoms with Gasteiger partial charge in [-0.25, -0.2) is 0 Å². The summed E-state index contributed by atoms with van der Waals surface area (Å²) in [5.41, 5.74) is 7.09. The first-order valence-electron chi connectivity index (χ1n) is 7.44. The highest BCUT2D eigenvalue weighted by Gasteiger charge is 2.16. The molecule has 2 aromatic rings. The van der Waals surface area contributed by atoms with Crippen molar-refractivity contribution in [1.29, 1.82) is 0 Å². The van der Waals surface area contributed by atoms with Crippen LogP contribution in [0.3, 0.4) is 0 Å². The summed E-state index contributed by atoms with van der Waals surface area (Å²) in [6, 6.07) is 7.27. The van der Waals surface area contributed by atoms with Crippen molar-refractivity contribution in [2.24, 2.45) is 0 Å². The second-order valence-electron chi connectivity index (χ2n) is 5.65. The van der Waals surface area contributed by atoms with Gasteiger partial charge in [-0.05, 0) is 79.2 Å². The Hall–Kier alpha value is -1.12. The van der Waals surface area contributed by atoms with E-state index in [2.05, 4.69) is 62.0 Å². The van der Waals surface area contributed by atoms with E-state index in [9.17, 15) is 0 Å². The van der Waals surface area contributed by atoms with Crippen molar-refractivity contribution in [3.8, 4) is 0 Å². The Labute approximate surface area is 127 Å². The molecule has 0 saturated heterocycles. The molecule has 0 saturated carbocycles. The number of hydrogen-bond acceptors (Lipinski definition) is 2. The highest BCUT2D eigenvalue weighted by molar-refractivity contribution is 7.07. The minimum absolute atomic E-state index is 0.421. The first kappa shape index (κ1) is 15.3. The predicted octanol–water partition coefficient (Wildman–Crippen LogP) is 4.96. The van der Waals surface area contributed by atoms with Crippen molar-refractivity contribution in [2.75, 3.05) is 6.54 Å². The van der Waals surface area contributed by atoms with Gasteiger partial charge < -0.3 is 5.32 Å². The zero-order chi connectivity index (χ0) is 14.5. The van der Waals surface area contributed by atoms with Gasteiger partial charge in [0, 0.05) is 6.04 Å². The molecule has 0 bridgehead atoms. The summed E-state index contributed by atoms with van der Waals surface area (Å²) in [4.78, 5) is 0. The van der Waals surface area contributed by atoms with Gasteiger partial charge in [0.25, 0.3) is 0 Å². The number of benzene rings is 1. The summed E-state index contributed by atoms with van der Waals surface area (Å²) in [5, 5.41) is 8.16. The molecule has 108 valence electrons. The smallest absolute Gasteiger partial charge is 0.0366 e. The summed E-state index contributed by atoms with van der Waals surface area (Å²) in [6.07, 6.45) is 2.25. The normalized spacial score (nSPS) is 12.6. The van der Waals surface area contributed by atoms with Crippen LogP contribution in [0, 0.1) is 20.8 Å². The molecule has 2 heteroatoms. The number of aryl methyl sites for hydroxylation is 3. The Morgan fingerprint density at radius 1 is 1.15 bits per heavy atom. The van der Waals surface area contributed by atoms with E-state index in [1.807, 2.05) is 0 Å². The molecular formula is C18H25NS. The van der Waals surface area contributed by atoms with E-state index in [0.717, 1.165) is 13.0 Å². The lowest BCUT2D eigenvalue weighted by Gasteiger charge is -2.23. The number of rotatable bonds is 6. The van der Waals surface area contributed by atoms with E-state index >= 15 is 0 Å². The Morgan fingerprint density at radius 2 is 1.85 bits per heavy atom. The molecular weight excluding hydrogens is 262 g/mol. The average molecular weight is 287 g/mol. The van der Waals surface area contributed by atoms with Gasteiger partial charge >= 0.3 is 0 Å². The molecule has 1 heterocycles. The van der Waals surface area contributed by atoms with Crippen LogP contribution < -0.4 is 5.32 Å². The molecule has 0 fully saturated rings. The topological polar surface area (TPSA) is 12.0 Å². The fourth-order valence-corrected chi connectivity index (χ4v) is 3.66. The minimum atomic E-state index is 0.421. The van der Waals surface area contributed by atoms with Gasteiger partial charge in [-0.1, -0.05) is 24.6 Å². The van der Waals surface area contributed by atoms with Gasteiger partial charge in [0.15, 0.2) is 0 Å². The zero-order valence-corrected chi connectivity index (χ0v) is 13.8. The van der Waals surface area contributed by atoms with Crippen LogP contribution in [0.15, 0.2) is 29.0 Å². The Morgan fingerprint density at radius 3 is 2.40 bits per heavy atom. The van der Waals surface area contributed by atoms with Crippen molar-refractivity contribution in [3.05, 3.63) is 56.8 Å². The molecule has 1 aromatic carbocycles. The van der Waals surface area contributed by atoms with Crippen LogP contribution in [-0.2, 0) is 6.42 Å². The third-order valence-corrected chi connectivity index (χ3v) is 4.48. The Bertz CT molecular complexity index is 520. The van der Waals surface area contributed by atoms with Gasteiger partial charge in [-0.3, -0.25) is 0 Å². The molecule has 1 unspecified atom stereocenters. The first-order chi connectivity index (χ1) is 9.61. The van der Waals surface area contributed by atoms with Crippen LogP contribution in [0.25, 0.3) is 0 Å². The Balaban J connectivity index is 2.30. The van der Waals surface area contributed by atoms with Crippen LogP contribution in [-0.4, -0.2) is 6.54 Å². The molecule has 0 spiro atoms. The van der Waals surface area contributed by atoms with E-state index in [1.54, 1.807) is 11.3 Å². The number of thiophene rings is 1. The van der Waals surface area contributed by atoms with E-state index in [1.165, 1.54) is 34.2 Å². The molecule has 1 aromatic heterocycles. The van der Waals surface area contributed by atoms with Gasteiger partial charge in [0.1, 0.15) is 0 Å². The van der Waals surface area contributed by atoms with Gasteiger partial charge in [-0.15, -0.1) is 0 Å². The number of hydrogen-bond donors (Lipinski definition) is 1. The fraction of sp³-hybridized carbons (Fsp3) is 0.444. The summed E-state index contributed by atoms with van der Waals surface area (Å²) in [7, 11) is 0. The third-order valence-electron chi connectivity index (χ3n) is 3.75. The van der Waals surface area contributed by atoms with Gasteiger partial charge in [0.05, 0.1) is 0 Å². The predicted molar refractivity (Wildman–Crippen MR) is 89.7 cm³/mol. The van der Waals surface area contributed by atoms with Crippen molar-refractivity contribution < 1.29 is 0 Å². The second kappa shape index (κ2) is 7.05. The lowest BCUT2D eigenvalue weighted by molar-refractivity contribution is 0.525. The molecule has 0 aliphatic carbocycles. The first-order valence-corrected chi connectivity index (χ1v) is 8.38. The number of nitrogens with one attached hydrogen (secondary N) is 1. The SMILES string of the molecule is CCCNC(Cc1ccsc1)c1c(C)cc(C)cc1C. The second-order valence-corrected chi connectivity index (χ2v) is 6.43. The highest BCUT2D eigenvalue weighted by atomic mass is 32.1.